The third-order valence-electron chi connectivity index (χ3n) is 5.23. The number of hydrogen-bond acceptors (Lipinski definition) is 3. The van der Waals surface area contributed by atoms with Crippen molar-refractivity contribution in [1.29, 1.82) is 0 Å². The molecule has 0 saturated heterocycles. The van der Waals surface area contributed by atoms with Gasteiger partial charge in [0, 0.05) is 22.0 Å². The average molecular weight is 465 g/mol. The summed E-state index contributed by atoms with van der Waals surface area (Å²) in [5.41, 5.74) is 4.26. The summed E-state index contributed by atoms with van der Waals surface area (Å²) >= 11 is 5.85. The van der Waals surface area contributed by atoms with Crippen molar-refractivity contribution in [1.82, 2.24) is 0 Å². The molecule has 0 atom stereocenters. The summed E-state index contributed by atoms with van der Waals surface area (Å²) in [5.74, 6) is 0.605. The lowest BCUT2D eigenvalue weighted by molar-refractivity contribution is -0.118. The van der Waals surface area contributed by atoms with E-state index in [1.54, 1.807) is 48.5 Å². The van der Waals surface area contributed by atoms with Gasteiger partial charge in [-0.1, -0.05) is 57.5 Å². The van der Waals surface area contributed by atoms with Crippen LogP contribution in [0.1, 0.15) is 61.0 Å². The first-order chi connectivity index (χ1) is 15.7. The highest BCUT2D eigenvalue weighted by Gasteiger charge is 2.17. The van der Waals surface area contributed by atoms with E-state index in [1.807, 2.05) is 6.07 Å². The summed E-state index contributed by atoms with van der Waals surface area (Å²) in [6.45, 7) is 8.32. The second-order valence-corrected chi connectivity index (χ2v) is 8.88. The molecular weight excluding hydrogens is 436 g/mol. The minimum atomic E-state index is -0.286. The maximum absolute atomic E-state index is 12.9. The van der Waals surface area contributed by atoms with Crippen LogP contribution < -0.4 is 15.4 Å². The molecule has 5 nitrogen and oxygen atoms in total. The fraction of sp³-hybridized carbons (Fsp3) is 0.259. The van der Waals surface area contributed by atoms with E-state index in [1.165, 1.54) is 0 Å². The predicted octanol–water partition coefficient (Wildman–Crippen LogP) is 6.86. The maximum Gasteiger partial charge on any atom is 0.262 e. The molecule has 2 N–H and O–H groups in total. The zero-order valence-electron chi connectivity index (χ0n) is 19.3. The van der Waals surface area contributed by atoms with Crippen molar-refractivity contribution in [2.45, 2.75) is 39.5 Å². The van der Waals surface area contributed by atoms with Crippen LogP contribution >= 0.6 is 11.6 Å². The van der Waals surface area contributed by atoms with Gasteiger partial charge in [0.1, 0.15) is 5.75 Å². The molecule has 0 heterocycles. The summed E-state index contributed by atoms with van der Waals surface area (Å²) in [4.78, 5) is 25.0. The van der Waals surface area contributed by atoms with Gasteiger partial charge in [0.25, 0.3) is 11.8 Å². The molecule has 6 heteroatoms. The van der Waals surface area contributed by atoms with Crippen molar-refractivity contribution in [3.8, 4) is 5.75 Å². The number of anilines is 2. The van der Waals surface area contributed by atoms with Gasteiger partial charge in [-0.25, -0.2) is 0 Å². The molecule has 33 heavy (non-hydrogen) atoms. The SMILES string of the molecule is CC(C)c1cccc(C(C)C)c1NC(=O)c1ccc(OCC(=O)Nc2ccc(Cl)cc2)cc1. The minimum absolute atomic E-state index is 0.145. The van der Waals surface area contributed by atoms with Crippen LogP contribution in [0.2, 0.25) is 5.02 Å². The number of hydrogen-bond donors (Lipinski definition) is 2. The standard InChI is InChI=1S/C27H29ClN2O3/c1-17(2)23-6-5-7-24(18(3)4)26(23)30-27(32)19-8-14-22(15-9-19)33-16-25(31)29-21-12-10-20(28)11-13-21/h5-15,17-18H,16H2,1-4H3,(H,29,31)(H,30,32). The summed E-state index contributed by atoms with van der Waals surface area (Å²) < 4.78 is 5.55. The lowest BCUT2D eigenvalue weighted by Crippen LogP contribution is -2.20. The molecule has 0 unspecified atom stereocenters. The Hall–Kier alpha value is -3.31. The normalized spacial score (nSPS) is 10.9. The Kier molecular flexibility index (Phi) is 8.12. The molecule has 3 aromatic carbocycles. The van der Waals surface area contributed by atoms with Crippen molar-refractivity contribution in [2.24, 2.45) is 0 Å². The first-order valence-electron chi connectivity index (χ1n) is 11.0. The second-order valence-electron chi connectivity index (χ2n) is 8.44. The van der Waals surface area contributed by atoms with Crippen molar-refractivity contribution in [2.75, 3.05) is 17.2 Å². The number of nitrogens with one attached hydrogen (secondary N) is 2. The third kappa shape index (κ3) is 6.59. The molecule has 0 aliphatic carbocycles. The lowest BCUT2D eigenvalue weighted by Gasteiger charge is -2.20. The van der Waals surface area contributed by atoms with Gasteiger partial charge in [-0.2, -0.15) is 0 Å². The number of amides is 2. The predicted molar refractivity (Wildman–Crippen MR) is 135 cm³/mol. The number of carbonyl (C=O) groups excluding carboxylic acids is 2. The van der Waals surface area contributed by atoms with Gasteiger partial charge in [-0.05, 0) is 71.5 Å². The highest BCUT2D eigenvalue weighted by atomic mass is 35.5. The monoisotopic (exact) mass is 464 g/mol. The minimum Gasteiger partial charge on any atom is -0.484 e. The number of halogens is 1. The van der Waals surface area contributed by atoms with E-state index in [0.29, 0.717) is 22.0 Å². The largest absolute Gasteiger partial charge is 0.484 e. The molecule has 172 valence electrons. The Balaban J connectivity index is 1.63. The highest BCUT2D eigenvalue weighted by molar-refractivity contribution is 6.30. The van der Waals surface area contributed by atoms with Gasteiger partial charge in [-0.3, -0.25) is 9.59 Å². The van der Waals surface area contributed by atoms with Crippen LogP contribution in [0.15, 0.2) is 66.7 Å². The Bertz CT molecular complexity index is 1080. The molecule has 0 aromatic heterocycles. The third-order valence-corrected chi connectivity index (χ3v) is 5.48. The number of para-hydroxylation sites is 1. The van der Waals surface area contributed by atoms with Crippen molar-refractivity contribution >= 4 is 34.8 Å². The quantitative estimate of drug-likeness (QED) is 0.382. The van der Waals surface area contributed by atoms with Gasteiger partial charge in [0.05, 0.1) is 0 Å². The first-order valence-corrected chi connectivity index (χ1v) is 11.3. The van der Waals surface area contributed by atoms with Crippen LogP contribution in [-0.2, 0) is 4.79 Å². The maximum atomic E-state index is 12.9. The van der Waals surface area contributed by atoms with Crippen LogP contribution in [0, 0.1) is 0 Å². The van der Waals surface area contributed by atoms with Gasteiger partial charge in [-0.15, -0.1) is 0 Å². The number of benzene rings is 3. The van der Waals surface area contributed by atoms with Gasteiger partial charge in [0.2, 0.25) is 0 Å². The fourth-order valence-corrected chi connectivity index (χ4v) is 3.59. The van der Waals surface area contributed by atoms with Crippen molar-refractivity contribution in [3.05, 3.63) is 88.4 Å². The first kappa shape index (κ1) is 24.3. The van der Waals surface area contributed by atoms with E-state index in [9.17, 15) is 9.59 Å². The topological polar surface area (TPSA) is 67.4 Å². The van der Waals surface area contributed by atoms with E-state index in [-0.39, 0.29) is 30.3 Å². The van der Waals surface area contributed by atoms with E-state index >= 15 is 0 Å². The van der Waals surface area contributed by atoms with E-state index in [0.717, 1.165) is 16.8 Å². The van der Waals surface area contributed by atoms with Crippen LogP contribution in [-0.4, -0.2) is 18.4 Å². The van der Waals surface area contributed by atoms with E-state index in [2.05, 4.69) is 50.5 Å². The Morgan fingerprint density at radius 1 is 0.818 bits per heavy atom. The Labute approximate surface area is 200 Å². The molecule has 3 aromatic rings. The lowest BCUT2D eigenvalue weighted by atomic mass is 9.92. The van der Waals surface area contributed by atoms with Crippen molar-refractivity contribution in [3.63, 3.8) is 0 Å². The summed E-state index contributed by atoms with van der Waals surface area (Å²) in [5, 5.41) is 6.44. The second kappa shape index (κ2) is 11.0. The van der Waals surface area contributed by atoms with E-state index < -0.39 is 0 Å². The fourth-order valence-electron chi connectivity index (χ4n) is 3.46. The molecule has 0 saturated carbocycles. The molecule has 0 aliphatic heterocycles. The Morgan fingerprint density at radius 3 is 1.94 bits per heavy atom. The van der Waals surface area contributed by atoms with Crippen LogP contribution in [0.5, 0.6) is 5.75 Å². The number of carbonyl (C=O) groups is 2. The smallest absolute Gasteiger partial charge is 0.262 e. The van der Waals surface area contributed by atoms with Crippen molar-refractivity contribution < 1.29 is 14.3 Å². The van der Waals surface area contributed by atoms with Crippen LogP contribution in [0.4, 0.5) is 11.4 Å². The summed E-state index contributed by atoms with van der Waals surface area (Å²) in [7, 11) is 0. The van der Waals surface area contributed by atoms with Crippen LogP contribution in [0.3, 0.4) is 0 Å². The molecular formula is C27H29ClN2O3. The molecule has 0 aliphatic rings. The summed E-state index contributed by atoms with van der Waals surface area (Å²) in [6.07, 6.45) is 0. The van der Waals surface area contributed by atoms with Crippen LogP contribution in [0.25, 0.3) is 0 Å². The average Bonchev–Trinajstić information content (AvgIpc) is 2.79. The zero-order chi connectivity index (χ0) is 24.0. The Morgan fingerprint density at radius 2 is 1.39 bits per heavy atom. The van der Waals surface area contributed by atoms with Gasteiger partial charge >= 0.3 is 0 Å². The summed E-state index contributed by atoms with van der Waals surface area (Å²) in [6, 6.07) is 19.7. The number of ether oxygens (including phenoxy) is 1. The highest BCUT2D eigenvalue weighted by Crippen LogP contribution is 2.32. The number of rotatable bonds is 8. The van der Waals surface area contributed by atoms with Gasteiger partial charge in [0.15, 0.2) is 6.61 Å². The van der Waals surface area contributed by atoms with Gasteiger partial charge < -0.3 is 15.4 Å². The molecule has 3 rings (SSSR count). The molecule has 2 amide bonds. The van der Waals surface area contributed by atoms with E-state index in [4.69, 9.17) is 16.3 Å². The molecule has 0 bridgehead atoms. The molecule has 0 radical (unpaired) electrons. The zero-order valence-corrected chi connectivity index (χ0v) is 20.1. The molecule has 0 spiro atoms. The molecule has 0 fully saturated rings.